The second-order valence-corrected chi connectivity index (χ2v) is 3.38. The molecule has 15 heavy (non-hydrogen) atoms. The quantitative estimate of drug-likeness (QED) is 0.814. The van der Waals surface area contributed by atoms with Crippen LogP contribution in [0.15, 0.2) is 12.1 Å². The average Bonchev–Trinajstić information content (AvgIpc) is 2.47. The summed E-state index contributed by atoms with van der Waals surface area (Å²) in [6.45, 7) is 0.432. The molecule has 1 aromatic carbocycles. The van der Waals surface area contributed by atoms with E-state index >= 15 is 0 Å². The molecule has 3 nitrogen and oxygen atoms in total. The summed E-state index contributed by atoms with van der Waals surface area (Å²) in [4.78, 5) is 4.08. The molecule has 2 rings (SSSR count). The first kappa shape index (κ1) is 10.0. The molecule has 2 N–H and O–H groups in total. The minimum atomic E-state index is -0.635. The lowest BCUT2D eigenvalue weighted by molar-refractivity contribution is 0.590. The fourth-order valence-corrected chi connectivity index (χ4v) is 1.61. The molecule has 2 aromatic rings. The summed E-state index contributed by atoms with van der Waals surface area (Å²) in [5.41, 5.74) is 6.05. The summed E-state index contributed by atoms with van der Waals surface area (Å²) in [5.74, 6) is -0.567. The lowest BCUT2D eigenvalue weighted by Crippen LogP contribution is -2.07. The molecule has 1 heterocycles. The van der Waals surface area contributed by atoms with Crippen LogP contribution in [-0.2, 0) is 13.5 Å². The Labute approximate surface area is 85.5 Å². The smallest absolute Gasteiger partial charge is 0.153 e. The van der Waals surface area contributed by atoms with E-state index in [-0.39, 0.29) is 5.52 Å². The van der Waals surface area contributed by atoms with Crippen molar-refractivity contribution in [2.75, 3.05) is 6.54 Å². The molecule has 0 aliphatic carbocycles. The van der Waals surface area contributed by atoms with Crippen molar-refractivity contribution in [3.05, 3.63) is 29.6 Å². The Bertz CT molecular complexity index is 505. The average molecular weight is 211 g/mol. The molecule has 0 fully saturated rings. The van der Waals surface area contributed by atoms with E-state index in [4.69, 9.17) is 5.73 Å². The van der Waals surface area contributed by atoms with E-state index in [1.807, 2.05) is 0 Å². The first-order valence-electron chi connectivity index (χ1n) is 4.64. The zero-order valence-electron chi connectivity index (χ0n) is 8.30. The first-order chi connectivity index (χ1) is 7.13. The minimum Gasteiger partial charge on any atom is -0.331 e. The molecule has 0 aliphatic rings. The van der Waals surface area contributed by atoms with Crippen molar-refractivity contribution in [3.63, 3.8) is 0 Å². The molecule has 80 valence electrons. The Kier molecular flexibility index (Phi) is 2.40. The van der Waals surface area contributed by atoms with Gasteiger partial charge in [0.25, 0.3) is 0 Å². The van der Waals surface area contributed by atoms with Gasteiger partial charge in [-0.3, -0.25) is 0 Å². The van der Waals surface area contributed by atoms with Crippen molar-refractivity contribution >= 4 is 11.0 Å². The maximum atomic E-state index is 13.3. The number of aromatic nitrogens is 2. The van der Waals surface area contributed by atoms with Crippen LogP contribution >= 0.6 is 0 Å². The lowest BCUT2D eigenvalue weighted by atomic mass is 10.3. The standard InChI is InChI=1S/C10H11F2N3/c1-15-8-5-6(11)4-7(12)10(8)14-9(15)2-3-13/h4-5H,2-3,13H2,1H3. The van der Waals surface area contributed by atoms with Gasteiger partial charge in [0.1, 0.15) is 17.2 Å². The minimum absolute atomic E-state index is 0.197. The number of aryl methyl sites for hydroxylation is 1. The summed E-state index contributed by atoms with van der Waals surface area (Å²) < 4.78 is 28.0. The maximum Gasteiger partial charge on any atom is 0.153 e. The largest absolute Gasteiger partial charge is 0.331 e. The van der Waals surface area contributed by atoms with Crippen LogP contribution < -0.4 is 5.73 Å². The van der Waals surface area contributed by atoms with Crippen molar-refractivity contribution < 1.29 is 8.78 Å². The van der Waals surface area contributed by atoms with Crippen LogP contribution in [0.1, 0.15) is 5.82 Å². The third kappa shape index (κ3) is 1.59. The van der Waals surface area contributed by atoms with Gasteiger partial charge >= 0.3 is 0 Å². The predicted molar refractivity (Wildman–Crippen MR) is 53.4 cm³/mol. The number of halogens is 2. The van der Waals surface area contributed by atoms with Gasteiger partial charge in [0, 0.05) is 19.5 Å². The van der Waals surface area contributed by atoms with E-state index in [9.17, 15) is 8.78 Å². The summed E-state index contributed by atoms with van der Waals surface area (Å²) in [6, 6.07) is 2.10. The number of nitrogens with zero attached hydrogens (tertiary/aromatic N) is 2. The number of hydrogen-bond donors (Lipinski definition) is 1. The van der Waals surface area contributed by atoms with Gasteiger partial charge in [0.2, 0.25) is 0 Å². The molecule has 0 amide bonds. The Balaban J connectivity index is 2.70. The van der Waals surface area contributed by atoms with Crippen molar-refractivity contribution in [3.8, 4) is 0 Å². The van der Waals surface area contributed by atoms with Gasteiger partial charge in [-0.1, -0.05) is 0 Å². The third-order valence-corrected chi connectivity index (χ3v) is 2.37. The highest BCUT2D eigenvalue weighted by atomic mass is 19.1. The lowest BCUT2D eigenvalue weighted by Gasteiger charge is -1.99. The highest BCUT2D eigenvalue weighted by Gasteiger charge is 2.12. The van der Waals surface area contributed by atoms with Crippen molar-refractivity contribution in [2.45, 2.75) is 6.42 Å². The molecule has 5 heteroatoms. The topological polar surface area (TPSA) is 43.8 Å². The fraction of sp³-hybridized carbons (Fsp3) is 0.300. The van der Waals surface area contributed by atoms with Crippen LogP contribution in [0.3, 0.4) is 0 Å². The summed E-state index contributed by atoms with van der Waals surface area (Å²) >= 11 is 0. The molecule has 0 atom stereocenters. The Morgan fingerprint density at radius 3 is 2.80 bits per heavy atom. The van der Waals surface area contributed by atoms with Crippen LogP contribution in [0.2, 0.25) is 0 Å². The van der Waals surface area contributed by atoms with Gasteiger partial charge < -0.3 is 10.3 Å². The van der Waals surface area contributed by atoms with Crippen LogP contribution in [0.25, 0.3) is 11.0 Å². The van der Waals surface area contributed by atoms with E-state index in [0.717, 1.165) is 6.07 Å². The van der Waals surface area contributed by atoms with E-state index < -0.39 is 11.6 Å². The number of benzene rings is 1. The van der Waals surface area contributed by atoms with Gasteiger partial charge in [-0.05, 0) is 12.6 Å². The van der Waals surface area contributed by atoms with Gasteiger partial charge in [-0.25, -0.2) is 13.8 Å². The molecule has 0 radical (unpaired) electrons. The van der Waals surface area contributed by atoms with Crippen LogP contribution in [0.4, 0.5) is 8.78 Å². The van der Waals surface area contributed by atoms with Gasteiger partial charge in [0.05, 0.1) is 5.52 Å². The Hall–Kier alpha value is -1.49. The Morgan fingerprint density at radius 2 is 2.13 bits per heavy atom. The SMILES string of the molecule is Cn1c(CCN)nc2c(F)cc(F)cc21. The zero-order valence-corrected chi connectivity index (χ0v) is 8.30. The molecule has 0 saturated carbocycles. The van der Waals surface area contributed by atoms with Crippen LogP contribution in [0, 0.1) is 11.6 Å². The summed E-state index contributed by atoms with van der Waals surface area (Å²) in [6.07, 6.45) is 0.548. The maximum absolute atomic E-state index is 13.3. The van der Waals surface area contributed by atoms with Crippen LogP contribution in [-0.4, -0.2) is 16.1 Å². The van der Waals surface area contributed by atoms with E-state index in [1.165, 1.54) is 6.07 Å². The predicted octanol–water partition coefficient (Wildman–Crippen LogP) is 1.35. The number of nitrogens with two attached hydrogens (primary N) is 1. The second kappa shape index (κ2) is 3.58. The molecule has 0 unspecified atom stereocenters. The molecule has 0 aliphatic heterocycles. The zero-order chi connectivity index (χ0) is 11.0. The third-order valence-electron chi connectivity index (χ3n) is 2.37. The summed E-state index contributed by atoms with van der Waals surface area (Å²) in [5, 5.41) is 0. The molecular formula is C10H11F2N3. The van der Waals surface area contributed by atoms with Crippen molar-refractivity contribution in [1.82, 2.24) is 9.55 Å². The number of imidazole rings is 1. The molecule has 0 spiro atoms. The monoisotopic (exact) mass is 211 g/mol. The van der Waals surface area contributed by atoms with Crippen molar-refractivity contribution in [1.29, 1.82) is 0 Å². The van der Waals surface area contributed by atoms with E-state index in [0.29, 0.717) is 24.3 Å². The van der Waals surface area contributed by atoms with Crippen LogP contribution in [0.5, 0.6) is 0 Å². The Morgan fingerprint density at radius 1 is 1.40 bits per heavy atom. The van der Waals surface area contributed by atoms with E-state index in [1.54, 1.807) is 11.6 Å². The number of fused-ring (bicyclic) bond motifs is 1. The van der Waals surface area contributed by atoms with E-state index in [2.05, 4.69) is 4.98 Å². The molecule has 0 saturated heterocycles. The molecular weight excluding hydrogens is 200 g/mol. The first-order valence-corrected chi connectivity index (χ1v) is 4.64. The normalized spacial score (nSPS) is 11.2. The number of rotatable bonds is 2. The van der Waals surface area contributed by atoms with Gasteiger partial charge in [-0.15, -0.1) is 0 Å². The molecule has 1 aromatic heterocycles. The van der Waals surface area contributed by atoms with Gasteiger partial charge in [0.15, 0.2) is 5.82 Å². The number of hydrogen-bond acceptors (Lipinski definition) is 2. The highest BCUT2D eigenvalue weighted by molar-refractivity contribution is 5.76. The van der Waals surface area contributed by atoms with Gasteiger partial charge in [-0.2, -0.15) is 0 Å². The highest BCUT2D eigenvalue weighted by Crippen LogP contribution is 2.19. The second-order valence-electron chi connectivity index (χ2n) is 3.38. The fourth-order valence-electron chi connectivity index (χ4n) is 1.61. The summed E-state index contributed by atoms with van der Waals surface area (Å²) in [7, 11) is 1.72. The van der Waals surface area contributed by atoms with Crippen molar-refractivity contribution in [2.24, 2.45) is 12.8 Å². The molecule has 0 bridgehead atoms.